The summed E-state index contributed by atoms with van der Waals surface area (Å²) in [5.74, 6) is 0. The third kappa shape index (κ3) is 3.43. The summed E-state index contributed by atoms with van der Waals surface area (Å²) in [6.45, 7) is 5.70. The highest BCUT2D eigenvalue weighted by Gasteiger charge is 2.36. The SMILES string of the molecule is CC1(C)CCC(COC2(CN)CCCCC2)O1. The zero-order valence-electron chi connectivity index (χ0n) is 11.3. The molecule has 0 amide bonds. The first-order valence-corrected chi connectivity index (χ1v) is 7.07. The van der Waals surface area contributed by atoms with Crippen LogP contribution in [0, 0.1) is 0 Å². The maximum Gasteiger partial charge on any atom is 0.0817 e. The second kappa shape index (κ2) is 5.25. The highest BCUT2D eigenvalue weighted by molar-refractivity contribution is 4.87. The Hall–Kier alpha value is -0.120. The van der Waals surface area contributed by atoms with Gasteiger partial charge in [-0.15, -0.1) is 0 Å². The van der Waals surface area contributed by atoms with Gasteiger partial charge >= 0.3 is 0 Å². The summed E-state index contributed by atoms with van der Waals surface area (Å²) in [6.07, 6.45) is 8.62. The van der Waals surface area contributed by atoms with Gasteiger partial charge in [-0.3, -0.25) is 0 Å². The first-order chi connectivity index (χ1) is 8.05. The summed E-state index contributed by atoms with van der Waals surface area (Å²) < 4.78 is 12.1. The van der Waals surface area contributed by atoms with Crippen LogP contribution in [0.25, 0.3) is 0 Å². The van der Waals surface area contributed by atoms with E-state index in [0.717, 1.165) is 32.3 Å². The van der Waals surface area contributed by atoms with Crippen molar-refractivity contribution in [2.24, 2.45) is 5.73 Å². The van der Waals surface area contributed by atoms with Gasteiger partial charge in [0.2, 0.25) is 0 Å². The van der Waals surface area contributed by atoms with Gasteiger partial charge < -0.3 is 15.2 Å². The van der Waals surface area contributed by atoms with Crippen LogP contribution < -0.4 is 5.73 Å². The van der Waals surface area contributed by atoms with Crippen molar-refractivity contribution in [3.63, 3.8) is 0 Å². The van der Waals surface area contributed by atoms with Crippen LogP contribution in [-0.2, 0) is 9.47 Å². The van der Waals surface area contributed by atoms with Crippen molar-refractivity contribution in [2.45, 2.75) is 76.1 Å². The summed E-state index contributed by atoms with van der Waals surface area (Å²) in [4.78, 5) is 0. The first kappa shape index (κ1) is 13.3. The van der Waals surface area contributed by atoms with E-state index in [1.165, 1.54) is 19.3 Å². The highest BCUT2D eigenvalue weighted by atomic mass is 16.6. The van der Waals surface area contributed by atoms with Crippen molar-refractivity contribution in [3.8, 4) is 0 Å². The summed E-state index contributed by atoms with van der Waals surface area (Å²) in [6, 6.07) is 0. The molecule has 1 saturated heterocycles. The molecule has 2 N–H and O–H groups in total. The van der Waals surface area contributed by atoms with Gasteiger partial charge in [0.05, 0.1) is 23.9 Å². The molecule has 3 nitrogen and oxygen atoms in total. The number of rotatable bonds is 4. The van der Waals surface area contributed by atoms with E-state index in [1.807, 2.05) is 0 Å². The zero-order chi connectivity index (χ0) is 12.4. The molecule has 0 bridgehead atoms. The Kier molecular flexibility index (Phi) is 4.11. The van der Waals surface area contributed by atoms with Crippen LogP contribution in [0.2, 0.25) is 0 Å². The predicted octanol–water partition coefficient (Wildman–Crippen LogP) is 2.62. The Morgan fingerprint density at radius 3 is 2.41 bits per heavy atom. The molecular weight excluding hydrogens is 214 g/mol. The Balaban J connectivity index is 1.80. The first-order valence-electron chi connectivity index (χ1n) is 7.07. The number of hydrogen-bond donors (Lipinski definition) is 1. The molecule has 1 aliphatic heterocycles. The molecule has 0 spiro atoms. The molecule has 3 heteroatoms. The monoisotopic (exact) mass is 241 g/mol. The van der Waals surface area contributed by atoms with Crippen LogP contribution in [-0.4, -0.2) is 30.5 Å². The lowest BCUT2D eigenvalue weighted by Gasteiger charge is -2.37. The van der Waals surface area contributed by atoms with E-state index >= 15 is 0 Å². The molecule has 1 saturated carbocycles. The topological polar surface area (TPSA) is 44.5 Å². The molecule has 0 aromatic rings. The number of nitrogens with two attached hydrogens (primary N) is 1. The lowest BCUT2D eigenvalue weighted by molar-refractivity contribution is -0.117. The van der Waals surface area contributed by atoms with E-state index in [4.69, 9.17) is 15.2 Å². The average Bonchev–Trinajstić information content (AvgIpc) is 2.68. The maximum atomic E-state index is 6.15. The van der Waals surface area contributed by atoms with Gasteiger partial charge in [-0.05, 0) is 39.5 Å². The average molecular weight is 241 g/mol. The van der Waals surface area contributed by atoms with E-state index in [1.54, 1.807) is 0 Å². The van der Waals surface area contributed by atoms with Crippen molar-refractivity contribution >= 4 is 0 Å². The van der Waals surface area contributed by atoms with Crippen LogP contribution in [0.15, 0.2) is 0 Å². The predicted molar refractivity (Wildman–Crippen MR) is 69.0 cm³/mol. The quantitative estimate of drug-likeness (QED) is 0.823. The van der Waals surface area contributed by atoms with Gasteiger partial charge in [0.1, 0.15) is 0 Å². The largest absolute Gasteiger partial charge is 0.371 e. The third-order valence-electron chi connectivity index (χ3n) is 4.27. The Labute approximate surface area is 105 Å². The molecular formula is C14H27NO2. The second-order valence-electron chi connectivity index (χ2n) is 6.30. The fourth-order valence-corrected chi connectivity index (χ4v) is 3.07. The van der Waals surface area contributed by atoms with Gasteiger partial charge in [0.15, 0.2) is 0 Å². The minimum atomic E-state index is -0.0473. The van der Waals surface area contributed by atoms with Crippen LogP contribution in [0.4, 0.5) is 0 Å². The smallest absolute Gasteiger partial charge is 0.0817 e. The van der Waals surface area contributed by atoms with E-state index in [-0.39, 0.29) is 17.3 Å². The Morgan fingerprint density at radius 2 is 1.88 bits per heavy atom. The van der Waals surface area contributed by atoms with Gasteiger partial charge in [-0.1, -0.05) is 19.3 Å². The van der Waals surface area contributed by atoms with Crippen molar-refractivity contribution < 1.29 is 9.47 Å². The second-order valence-corrected chi connectivity index (χ2v) is 6.30. The highest BCUT2D eigenvalue weighted by Crippen LogP contribution is 2.34. The molecule has 0 radical (unpaired) electrons. The van der Waals surface area contributed by atoms with Crippen molar-refractivity contribution in [1.29, 1.82) is 0 Å². The summed E-state index contributed by atoms with van der Waals surface area (Å²) in [5.41, 5.74) is 5.90. The molecule has 2 fully saturated rings. The maximum absolute atomic E-state index is 6.15. The van der Waals surface area contributed by atoms with Crippen LogP contribution in [0.3, 0.4) is 0 Å². The van der Waals surface area contributed by atoms with Crippen LogP contribution in [0.5, 0.6) is 0 Å². The molecule has 1 heterocycles. The van der Waals surface area contributed by atoms with Gasteiger partial charge in [-0.25, -0.2) is 0 Å². The van der Waals surface area contributed by atoms with Gasteiger partial charge in [-0.2, -0.15) is 0 Å². The molecule has 0 aromatic heterocycles. The minimum Gasteiger partial charge on any atom is -0.371 e. The Morgan fingerprint density at radius 1 is 1.18 bits per heavy atom. The molecule has 1 unspecified atom stereocenters. The number of hydrogen-bond acceptors (Lipinski definition) is 3. The summed E-state index contributed by atoms with van der Waals surface area (Å²) in [5, 5.41) is 0. The number of ether oxygens (including phenoxy) is 2. The van der Waals surface area contributed by atoms with Crippen molar-refractivity contribution in [2.75, 3.05) is 13.2 Å². The zero-order valence-corrected chi connectivity index (χ0v) is 11.3. The molecule has 17 heavy (non-hydrogen) atoms. The molecule has 2 aliphatic rings. The van der Waals surface area contributed by atoms with Gasteiger partial charge in [0, 0.05) is 6.54 Å². The minimum absolute atomic E-state index is 0.0382. The van der Waals surface area contributed by atoms with Crippen LogP contribution in [0.1, 0.15) is 58.8 Å². The third-order valence-corrected chi connectivity index (χ3v) is 4.27. The van der Waals surface area contributed by atoms with Crippen LogP contribution >= 0.6 is 0 Å². The lowest BCUT2D eigenvalue weighted by Crippen LogP contribution is -2.44. The molecule has 1 atom stereocenters. The summed E-state index contributed by atoms with van der Waals surface area (Å²) >= 11 is 0. The van der Waals surface area contributed by atoms with E-state index < -0.39 is 0 Å². The van der Waals surface area contributed by atoms with Crippen molar-refractivity contribution in [3.05, 3.63) is 0 Å². The fourth-order valence-electron chi connectivity index (χ4n) is 3.07. The molecule has 1 aliphatic carbocycles. The Bertz CT molecular complexity index is 247. The van der Waals surface area contributed by atoms with Gasteiger partial charge in [0.25, 0.3) is 0 Å². The summed E-state index contributed by atoms with van der Waals surface area (Å²) in [7, 11) is 0. The lowest BCUT2D eigenvalue weighted by atomic mass is 9.84. The van der Waals surface area contributed by atoms with Crippen molar-refractivity contribution in [1.82, 2.24) is 0 Å². The molecule has 0 aromatic carbocycles. The molecule has 100 valence electrons. The van der Waals surface area contributed by atoms with E-state index in [2.05, 4.69) is 13.8 Å². The molecule has 2 rings (SSSR count). The van der Waals surface area contributed by atoms with E-state index in [9.17, 15) is 0 Å². The standard InChI is InChI=1S/C14H27NO2/c1-13(2)9-6-12(17-13)10-16-14(11-15)7-4-3-5-8-14/h12H,3-11,15H2,1-2H3. The fraction of sp³-hybridized carbons (Fsp3) is 1.00. The normalized spacial score (nSPS) is 31.6. The van der Waals surface area contributed by atoms with E-state index in [0.29, 0.717) is 6.54 Å².